The number of hydrogen-bond acceptors (Lipinski definition) is 4. The number of amides is 1. The summed E-state index contributed by atoms with van der Waals surface area (Å²) in [6.07, 6.45) is -1.70. The Morgan fingerprint density at radius 2 is 1.73 bits per heavy atom. The molecule has 2 aliphatic rings. The molecule has 1 amide bonds. The number of alkyl halides is 3. The average molecular weight is 422 g/mol. The summed E-state index contributed by atoms with van der Waals surface area (Å²) >= 11 is 0. The summed E-state index contributed by atoms with van der Waals surface area (Å²) < 4.78 is 44.3. The van der Waals surface area contributed by atoms with Crippen LogP contribution in [-0.2, 0) is 10.9 Å². The summed E-state index contributed by atoms with van der Waals surface area (Å²) in [6.45, 7) is 5.39. The van der Waals surface area contributed by atoms with Gasteiger partial charge in [-0.3, -0.25) is 4.79 Å². The lowest BCUT2D eigenvalue weighted by atomic mass is 9.75. The van der Waals surface area contributed by atoms with Crippen LogP contribution in [0.1, 0.15) is 74.4 Å². The van der Waals surface area contributed by atoms with Gasteiger partial charge in [0.25, 0.3) is 0 Å². The molecule has 2 bridgehead atoms. The van der Waals surface area contributed by atoms with E-state index in [0.29, 0.717) is 12.8 Å². The van der Waals surface area contributed by atoms with Gasteiger partial charge >= 0.3 is 12.3 Å². The van der Waals surface area contributed by atoms with Gasteiger partial charge < -0.3 is 9.64 Å². The van der Waals surface area contributed by atoms with Crippen LogP contribution < -0.4 is 0 Å². The molecule has 5 nitrogen and oxygen atoms in total. The van der Waals surface area contributed by atoms with Crippen molar-refractivity contribution in [1.82, 2.24) is 4.90 Å². The Bertz CT molecular complexity index is 869. The topological polar surface area (TPSA) is 70.4 Å². The molecule has 30 heavy (non-hydrogen) atoms. The fraction of sp³-hybridized carbons (Fsp3) is 0.591. The van der Waals surface area contributed by atoms with Crippen LogP contribution >= 0.6 is 0 Å². The van der Waals surface area contributed by atoms with Gasteiger partial charge in [-0.05, 0) is 71.1 Å². The Hall–Kier alpha value is -2.56. The van der Waals surface area contributed by atoms with Gasteiger partial charge in [-0.25, -0.2) is 4.79 Å². The highest BCUT2D eigenvalue weighted by molar-refractivity contribution is 6.00. The second-order valence-electron chi connectivity index (χ2n) is 9.03. The molecule has 2 aliphatic heterocycles. The number of nitriles is 1. The lowest BCUT2D eigenvalue weighted by molar-refractivity contribution is -0.137. The van der Waals surface area contributed by atoms with E-state index in [-0.39, 0.29) is 29.0 Å². The van der Waals surface area contributed by atoms with Gasteiger partial charge in [-0.2, -0.15) is 18.4 Å². The van der Waals surface area contributed by atoms with Crippen molar-refractivity contribution in [2.24, 2.45) is 5.92 Å². The number of ketones is 1. The van der Waals surface area contributed by atoms with Gasteiger partial charge in [0.05, 0.1) is 17.2 Å². The van der Waals surface area contributed by atoms with E-state index in [9.17, 15) is 28.0 Å². The Balaban J connectivity index is 1.82. The Labute approximate surface area is 173 Å². The lowest BCUT2D eigenvalue weighted by Gasteiger charge is -2.48. The van der Waals surface area contributed by atoms with Gasteiger partial charge in [-0.1, -0.05) is 0 Å². The SMILES string of the molecule is CC(C)(C)OC(=O)N1C2CCCC1CC(C(=O)c1ccc(C(F)(F)F)cc1C#N)C2. The van der Waals surface area contributed by atoms with Crippen molar-refractivity contribution in [3.05, 3.63) is 34.9 Å². The van der Waals surface area contributed by atoms with Gasteiger partial charge in [-0.15, -0.1) is 0 Å². The summed E-state index contributed by atoms with van der Waals surface area (Å²) in [5.41, 5.74) is -1.83. The molecule has 0 N–H and O–H groups in total. The summed E-state index contributed by atoms with van der Waals surface area (Å²) in [5, 5.41) is 9.30. The number of ether oxygens (including phenoxy) is 1. The first kappa shape index (κ1) is 22.1. The molecule has 0 saturated carbocycles. The third-order valence-electron chi connectivity index (χ3n) is 5.68. The van der Waals surface area contributed by atoms with Crippen LogP contribution in [0.4, 0.5) is 18.0 Å². The molecule has 2 unspecified atom stereocenters. The van der Waals surface area contributed by atoms with Crippen LogP contribution in [0.2, 0.25) is 0 Å². The molecule has 2 saturated heterocycles. The number of hydrogen-bond donors (Lipinski definition) is 0. The molecular formula is C22H25F3N2O3. The first-order valence-corrected chi connectivity index (χ1v) is 10.1. The lowest BCUT2D eigenvalue weighted by Crippen LogP contribution is -2.56. The molecule has 0 aromatic heterocycles. The standard InChI is InChI=1S/C22H25F3N2O3/c1-21(2,3)30-20(29)27-16-5-4-6-17(27)11-13(10-16)19(28)18-8-7-15(22(23,24)25)9-14(18)12-26/h7-9,13,16-17H,4-6,10-11H2,1-3H3. The number of carbonyl (C=O) groups excluding carboxylic acids is 2. The number of benzene rings is 1. The summed E-state index contributed by atoms with van der Waals surface area (Å²) in [7, 11) is 0. The fourth-order valence-electron chi connectivity index (χ4n) is 4.46. The zero-order chi connectivity index (χ0) is 22.3. The van der Waals surface area contributed by atoms with Crippen LogP contribution in [0, 0.1) is 17.2 Å². The van der Waals surface area contributed by atoms with Crippen molar-refractivity contribution in [3.8, 4) is 6.07 Å². The second kappa shape index (κ2) is 7.93. The van der Waals surface area contributed by atoms with E-state index in [4.69, 9.17) is 4.74 Å². The van der Waals surface area contributed by atoms with Gasteiger partial charge in [0.2, 0.25) is 0 Å². The fourth-order valence-corrected chi connectivity index (χ4v) is 4.46. The van der Waals surface area contributed by atoms with E-state index >= 15 is 0 Å². The molecule has 2 fully saturated rings. The molecule has 1 aromatic rings. The predicted octanol–water partition coefficient (Wildman–Crippen LogP) is 5.33. The number of piperidine rings is 2. The highest BCUT2D eigenvalue weighted by atomic mass is 19.4. The van der Waals surface area contributed by atoms with Crippen LogP contribution in [0.15, 0.2) is 18.2 Å². The van der Waals surface area contributed by atoms with Crippen molar-refractivity contribution >= 4 is 11.9 Å². The Morgan fingerprint density at radius 3 is 2.23 bits per heavy atom. The largest absolute Gasteiger partial charge is 0.444 e. The van der Waals surface area contributed by atoms with Crippen molar-refractivity contribution in [1.29, 1.82) is 5.26 Å². The van der Waals surface area contributed by atoms with E-state index in [1.165, 1.54) is 0 Å². The van der Waals surface area contributed by atoms with Crippen molar-refractivity contribution in [3.63, 3.8) is 0 Å². The summed E-state index contributed by atoms with van der Waals surface area (Å²) in [6, 6.07) is 4.08. The maximum Gasteiger partial charge on any atom is 0.416 e. The first-order valence-electron chi connectivity index (χ1n) is 10.1. The summed E-state index contributed by atoms with van der Waals surface area (Å²) in [4.78, 5) is 27.5. The van der Waals surface area contributed by atoms with Crippen LogP contribution in [-0.4, -0.2) is 34.5 Å². The molecule has 0 radical (unpaired) electrons. The van der Waals surface area contributed by atoms with Crippen LogP contribution in [0.25, 0.3) is 0 Å². The number of Topliss-reactive ketones (excluding diaryl/α,β-unsaturated/α-hetero) is 1. The molecule has 1 aromatic carbocycles. The highest BCUT2D eigenvalue weighted by Gasteiger charge is 2.45. The van der Waals surface area contributed by atoms with Gasteiger partial charge in [0.1, 0.15) is 5.60 Å². The normalized spacial score (nSPS) is 24.2. The van der Waals surface area contributed by atoms with E-state index in [1.54, 1.807) is 31.7 Å². The average Bonchev–Trinajstić information content (AvgIpc) is 2.63. The number of fused-ring (bicyclic) bond motifs is 2. The third kappa shape index (κ3) is 4.61. The summed E-state index contributed by atoms with van der Waals surface area (Å²) in [5.74, 6) is -0.774. The number of rotatable bonds is 2. The van der Waals surface area contributed by atoms with E-state index < -0.39 is 29.4 Å². The molecule has 2 heterocycles. The second-order valence-corrected chi connectivity index (χ2v) is 9.03. The zero-order valence-electron chi connectivity index (χ0n) is 17.3. The minimum atomic E-state index is -4.58. The molecule has 2 atom stereocenters. The number of nitrogens with zero attached hydrogens (tertiary/aromatic N) is 2. The molecule has 8 heteroatoms. The quantitative estimate of drug-likeness (QED) is 0.604. The monoisotopic (exact) mass is 422 g/mol. The van der Waals surface area contributed by atoms with E-state index in [2.05, 4.69) is 0 Å². The van der Waals surface area contributed by atoms with Gasteiger partial charge in [0, 0.05) is 23.6 Å². The highest BCUT2D eigenvalue weighted by Crippen LogP contribution is 2.40. The van der Waals surface area contributed by atoms with Crippen LogP contribution in [0.3, 0.4) is 0 Å². The number of halogens is 3. The smallest absolute Gasteiger partial charge is 0.416 e. The predicted molar refractivity (Wildman–Crippen MR) is 103 cm³/mol. The maximum absolute atomic E-state index is 13.1. The van der Waals surface area contributed by atoms with Crippen LogP contribution in [0.5, 0.6) is 0 Å². The molecule has 0 aliphatic carbocycles. The minimum absolute atomic E-state index is 0.0132. The molecule has 3 rings (SSSR count). The molecule has 162 valence electrons. The first-order chi connectivity index (χ1) is 13.9. The van der Waals surface area contributed by atoms with Crippen molar-refractivity contribution in [2.45, 2.75) is 76.7 Å². The van der Waals surface area contributed by atoms with Gasteiger partial charge in [0.15, 0.2) is 5.78 Å². The maximum atomic E-state index is 13.1. The number of carbonyl (C=O) groups is 2. The molecular weight excluding hydrogens is 397 g/mol. The van der Waals surface area contributed by atoms with E-state index in [1.807, 2.05) is 0 Å². The minimum Gasteiger partial charge on any atom is -0.444 e. The Kier molecular flexibility index (Phi) is 5.85. The van der Waals surface area contributed by atoms with E-state index in [0.717, 1.165) is 37.5 Å². The zero-order valence-corrected chi connectivity index (χ0v) is 17.3. The molecule has 0 spiro atoms. The Morgan fingerprint density at radius 1 is 1.13 bits per heavy atom. The van der Waals surface area contributed by atoms with Crippen molar-refractivity contribution in [2.75, 3.05) is 0 Å². The third-order valence-corrected chi connectivity index (χ3v) is 5.68. The van der Waals surface area contributed by atoms with Crippen molar-refractivity contribution < 1.29 is 27.5 Å².